The summed E-state index contributed by atoms with van der Waals surface area (Å²) in [4.78, 5) is 35.9. The van der Waals surface area contributed by atoms with Crippen molar-refractivity contribution in [3.05, 3.63) is 90.0 Å². The summed E-state index contributed by atoms with van der Waals surface area (Å²) >= 11 is 0. The summed E-state index contributed by atoms with van der Waals surface area (Å²) in [6.45, 7) is 2.50. The molecular weight excluding hydrogens is 422 g/mol. The fourth-order valence-electron chi connectivity index (χ4n) is 2.75. The highest BCUT2D eigenvalue weighted by Crippen LogP contribution is 2.13. The largest absolute Gasteiger partial charge is 0.490 e. The zero-order chi connectivity index (χ0) is 23.5. The number of hydrazine groups is 1. The molecule has 0 saturated carbocycles. The summed E-state index contributed by atoms with van der Waals surface area (Å²) in [5.41, 5.74) is 6.04. The predicted molar refractivity (Wildman–Crippen MR) is 124 cm³/mol. The Kier molecular flexibility index (Phi) is 8.41. The van der Waals surface area contributed by atoms with E-state index in [1.54, 1.807) is 55.5 Å². The molecule has 8 nitrogen and oxygen atoms in total. The lowest BCUT2D eigenvalue weighted by atomic mass is 10.2. The van der Waals surface area contributed by atoms with Gasteiger partial charge in [-0.15, -0.1) is 0 Å². The average Bonchev–Trinajstić information content (AvgIpc) is 2.86. The molecule has 0 radical (unpaired) electrons. The van der Waals surface area contributed by atoms with Crippen molar-refractivity contribution in [3.63, 3.8) is 0 Å². The van der Waals surface area contributed by atoms with Gasteiger partial charge in [0.25, 0.3) is 11.8 Å². The third-order valence-corrected chi connectivity index (χ3v) is 4.52. The van der Waals surface area contributed by atoms with Crippen molar-refractivity contribution in [1.29, 1.82) is 0 Å². The molecule has 0 bridgehead atoms. The highest BCUT2D eigenvalue weighted by Gasteiger charge is 2.10. The molecule has 0 heterocycles. The van der Waals surface area contributed by atoms with Crippen molar-refractivity contribution in [2.75, 3.05) is 18.5 Å². The number of nitrogens with one attached hydrogen (secondary N) is 3. The molecule has 0 spiro atoms. The fourth-order valence-corrected chi connectivity index (χ4v) is 2.75. The third-order valence-electron chi connectivity index (χ3n) is 4.52. The third kappa shape index (κ3) is 7.39. The molecule has 170 valence electrons. The number of ether oxygens (including phenoxy) is 2. The van der Waals surface area contributed by atoms with E-state index in [4.69, 9.17) is 9.47 Å². The summed E-state index contributed by atoms with van der Waals surface area (Å²) in [7, 11) is 0. The maximum atomic E-state index is 12.3. The molecule has 3 amide bonds. The van der Waals surface area contributed by atoms with Crippen LogP contribution < -0.4 is 25.6 Å². The first-order valence-corrected chi connectivity index (χ1v) is 10.5. The van der Waals surface area contributed by atoms with Crippen LogP contribution in [0.25, 0.3) is 0 Å². The Labute approximate surface area is 191 Å². The van der Waals surface area contributed by atoms with Crippen LogP contribution in [-0.2, 0) is 4.79 Å². The van der Waals surface area contributed by atoms with Gasteiger partial charge in [-0.25, -0.2) is 0 Å². The monoisotopic (exact) mass is 447 g/mol. The highest BCUT2D eigenvalue weighted by atomic mass is 16.5. The summed E-state index contributed by atoms with van der Waals surface area (Å²) in [6, 6.07) is 22.3. The number of carbonyl (C=O) groups excluding carboxylic acids is 3. The molecule has 33 heavy (non-hydrogen) atoms. The van der Waals surface area contributed by atoms with E-state index in [1.165, 1.54) is 0 Å². The first-order chi connectivity index (χ1) is 16.0. The maximum absolute atomic E-state index is 12.3. The van der Waals surface area contributed by atoms with Crippen LogP contribution in [0.5, 0.6) is 11.5 Å². The van der Waals surface area contributed by atoms with Crippen molar-refractivity contribution in [3.8, 4) is 11.5 Å². The van der Waals surface area contributed by atoms with E-state index < -0.39 is 11.8 Å². The molecule has 3 rings (SSSR count). The number of rotatable bonds is 9. The normalized spacial score (nSPS) is 10.1. The first kappa shape index (κ1) is 23.3. The quantitative estimate of drug-likeness (QED) is 0.344. The second-order valence-electron chi connectivity index (χ2n) is 6.92. The van der Waals surface area contributed by atoms with Gasteiger partial charge in [-0.2, -0.15) is 0 Å². The maximum Gasteiger partial charge on any atom is 0.269 e. The Morgan fingerprint density at radius 1 is 0.667 bits per heavy atom. The van der Waals surface area contributed by atoms with Gasteiger partial charge < -0.3 is 14.8 Å². The van der Waals surface area contributed by atoms with Crippen LogP contribution in [0.3, 0.4) is 0 Å². The van der Waals surface area contributed by atoms with Gasteiger partial charge in [-0.05, 0) is 60.7 Å². The molecule has 3 aromatic rings. The molecule has 0 unspecified atom stereocenters. The van der Waals surface area contributed by atoms with Crippen LogP contribution in [-0.4, -0.2) is 30.9 Å². The Morgan fingerprint density at radius 2 is 1.15 bits per heavy atom. The van der Waals surface area contributed by atoms with E-state index in [1.807, 2.05) is 30.3 Å². The molecule has 3 N–H and O–H groups in total. The molecule has 0 aliphatic carbocycles. The number of amides is 3. The first-order valence-electron chi connectivity index (χ1n) is 10.5. The van der Waals surface area contributed by atoms with E-state index in [2.05, 4.69) is 16.2 Å². The Balaban J connectivity index is 1.41. The van der Waals surface area contributed by atoms with Crippen LogP contribution in [0, 0.1) is 0 Å². The second kappa shape index (κ2) is 11.9. The molecule has 0 saturated heterocycles. The number of hydrogen-bond donors (Lipinski definition) is 3. The fraction of sp³-hybridized carbons (Fsp3) is 0.160. The van der Waals surface area contributed by atoms with Gasteiger partial charge in [-0.1, -0.05) is 25.1 Å². The lowest BCUT2D eigenvalue weighted by Crippen LogP contribution is -2.41. The van der Waals surface area contributed by atoms with Gasteiger partial charge in [-0.3, -0.25) is 25.2 Å². The number of hydrogen-bond acceptors (Lipinski definition) is 5. The zero-order valence-electron chi connectivity index (χ0n) is 18.2. The van der Waals surface area contributed by atoms with Crippen molar-refractivity contribution in [2.45, 2.75) is 13.3 Å². The van der Waals surface area contributed by atoms with Gasteiger partial charge in [0.1, 0.15) is 24.7 Å². The molecule has 3 aromatic carbocycles. The van der Waals surface area contributed by atoms with Crippen molar-refractivity contribution in [2.24, 2.45) is 0 Å². The van der Waals surface area contributed by atoms with Gasteiger partial charge in [0.05, 0.1) is 0 Å². The summed E-state index contributed by atoms with van der Waals surface area (Å²) in [6.07, 6.45) is 0.365. The summed E-state index contributed by atoms with van der Waals surface area (Å²) < 4.78 is 11.2. The average molecular weight is 447 g/mol. The predicted octanol–water partition coefficient (Wildman–Crippen LogP) is 3.57. The Hall–Kier alpha value is -4.33. The smallest absolute Gasteiger partial charge is 0.269 e. The van der Waals surface area contributed by atoms with E-state index in [0.29, 0.717) is 42.2 Å². The van der Waals surface area contributed by atoms with Crippen LogP contribution >= 0.6 is 0 Å². The lowest BCUT2D eigenvalue weighted by Gasteiger charge is -2.10. The second-order valence-corrected chi connectivity index (χ2v) is 6.92. The minimum Gasteiger partial charge on any atom is -0.490 e. The topological polar surface area (TPSA) is 106 Å². The molecule has 0 aliphatic heterocycles. The number of benzene rings is 3. The Morgan fingerprint density at radius 3 is 1.67 bits per heavy atom. The Bertz CT molecular complexity index is 1070. The van der Waals surface area contributed by atoms with Crippen LogP contribution in [0.1, 0.15) is 34.1 Å². The molecular formula is C25H25N3O5. The molecule has 0 aliphatic rings. The van der Waals surface area contributed by atoms with Crippen LogP contribution in [0.15, 0.2) is 78.9 Å². The van der Waals surface area contributed by atoms with Gasteiger partial charge in [0, 0.05) is 23.2 Å². The minimum absolute atomic E-state index is 0.114. The zero-order valence-corrected chi connectivity index (χ0v) is 18.2. The number of anilines is 1. The van der Waals surface area contributed by atoms with Gasteiger partial charge >= 0.3 is 0 Å². The lowest BCUT2D eigenvalue weighted by molar-refractivity contribution is -0.115. The number of carbonyl (C=O) groups is 3. The van der Waals surface area contributed by atoms with E-state index in [0.717, 1.165) is 5.75 Å². The highest BCUT2D eigenvalue weighted by molar-refractivity contribution is 5.99. The van der Waals surface area contributed by atoms with E-state index in [-0.39, 0.29) is 5.91 Å². The van der Waals surface area contributed by atoms with E-state index >= 15 is 0 Å². The molecule has 0 aromatic heterocycles. The summed E-state index contributed by atoms with van der Waals surface area (Å²) in [5, 5.41) is 2.70. The van der Waals surface area contributed by atoms with Crippen molar-refractivity contribution < 1.29 is 23.9 Å². The SMILES string of the molecule is CCC(=O)Nc1ccc(C(=O)NNC(=O)c2ccc(OCCOc3ccccc3)cc2)cc1. The van der Waals surface area contributed by atoms with Crippen molar-refractivity contribution >= 4 is 23.4 Å². The minimum atomic E-state index is -0.477. The van der Waals surface area contributed by atoms with Gasteiger partial charge in [0.2, 0.25) is 5.91 Å². The number of para-hydroxylation sites is 1. The molecule has 0 fully saturated rings. The van der Waals surface area contributed by atoms with Crippen LogP contribution in [0.2, 0.25) is 0 Å². The van der Waals surface area contributed by atoms with Gasteiger partial charge in [0.15, 0.2) is 0 Å². The van der Waals surface area contributed by atoms with Crippen molar-refractivity contribution in [1.82, 2.24) is 10.9 Å². The van der Waals surface area contributed by atoms with Crippen LogP contribution in [0.4, 0.5) is 5.69 Å². The standard InChI is InChI=1S/C25H25N3O5/c1-2-23(29)26-20-12-8-18(9-13-20)24(30)27-28-25(31)19-10-14-22(15-11-19)33-17-16-32-21-6-4-3-5-7-21/h3-15H,2,16-17H2,1H3,(H,26,29)(H,27,30)(H,28,31). The molecule has 0 atom stereocenters. The summed E-state index contributed by atoms with van der Waals surface area (Å²) in [5.74, 6) is 0.317. The van der Waals surface area contributed by atoms with E-state index in [9.17, 15) is 14.4 Å². The molecule has 8 heteroatoms.